The molecule has 7 heteroatoms. The molecule has 4 rings (SSSR count). The van der Waals surface area contributed by atoms with Crippen LogP contribution in [0.2, 0.25) is 0 Å². The van der Waals surface area contributed by atoms with E-state index >= 15 is 0 Å². The first-order valence-electron chi connectivity index (χ1n) is 12.4. The lowest BCUT2D eigenvalue weighted by Gasteiger charge is -2.36. The molecule has 0 bridgehead atoms. The summed E-state index contributed by atoms with van der Waals surface area (Å²) in [4.78, 5) is 30.6. The number of rotatable bonds is 10. The van der Waals surface area contributed by atoms with E-state index in [1.807, 2.05) is 36.4 Å². The third-order valence-electron chi connectivity index (χ3n) is 6.61. The zero-order valence-corrected chi connectivity index (χ0v) is 20.7. The SMILES string of the molecule is COc1ccccc1N1CCN(CCCCN(C(=O)O)c2ccc(C(=O)c3ccccc3)cc2)CC1. The van der Waals surface area contributed by atoms with Gasteiger partial charge in [-0.2, -0.15) is 0 Å². The number of para-hydroxylation sites is 2. The number of unbranched alkanes of at least 4 members (excludes halogenated alkanes) is 1. The van der Waals surface area contributed by atoms with Gasteiger partial charge in [0.05, 0.1) is 12.8 Å². The molecule has 1 N–H and O–H groups in total. The second kappa shape index (κ2) is 12.2. The standard InChI is InChI=1S/C29H33N3O4/c1-36-27-12-6-5-11-26(27)31-21-19-30(20-22-31)17-7-8-18-32(29(34)35)25-15-13-24(14-16-25)28(33)23-9-3-2-4-10-23/h2-6,9-16H,7-8,17-22H2,1H3,(H,34,35). The fourth-order valence-electron chi connectivity index (χ4n) is 4.59. The lowest BCUT2D eigenvalue weighted by molar-refractivity contribution is 0.103. The fraction of sp³-hybridized carbons (Fsp3) is 0.310. The summed E-state index contributed by atoms with van der Waals surface area (Å²) in [5.74, 6) is 0.826. The fourth-order valence-corrected chi connectivity index (χ4v) is 4.59. The monoisotopic (exact) mass is 487 g/mol. The first-order valence-corrected chi connectivity index (χ1v) is 12.4. The number of carboxylic acid groups (broad SMARTS) is 1. The van der Waals surface area contributed by atoms with E-state index in [9.17, 15) is 14.7 Å². The van der Waals surface area contributed by atoms with Gasteiger partial charge in [-0.15, -0.1) is 0 Å². The average Bonchev–Trinajstić information content (AvgIpc) is 2.93. The maximum Gasteiger partial charge on any atom is 0.411 e. The summed E-state index contributed by atoms with van der Waals surface area (Å²) >= 11 is 0. The van der Waals surface area contributed by atoms with Crippen molar-refractivity contribution in [3.8, 4) is 5.75 Å². The van der Waals surface area contributed by atoms with Crippen LogP contribution in [0.3, 0.4) is 0 Å². The van der Waals surface area contributed by atoms with E-state index < -0.39 is 6.09 Å². The molecule has 1 aliphatic rings. The Labute approximate surface area is 212 Å². The first-order chi connectivity index (χ1) is 17.6. The van der Waals surface area contributed by atoms with E-state index in [2.05, 4.69) is 15.9 Å². The van der Waals surface area contributed by atoms with Crippen molar-refractivity contribution in [3.05, 3.63) is 90.0 Å². The highest BCUT2D eigenvalue weighted by molar-refractivity contribution is 6.09. The van der Waals surface area contributed by atoms with Gasteiger partial charge in [-0.3, -0.25) is 14.6 Å². The highest BCUT2D eigenvalue weighted by atomic mass is 16.5. The molecule has 0 unspecified atom stereocenters. The van der Waals surface area contributed by atoms with E-state index in [1.165, 1.54) is 4.90 Å². The summed E-state index contributed by atoms with van der Waals surface area (Å²) in [6.45, 7) is 5.18. The van der Waals surface area contributed by atoms with Crippen LogP contribution in [0.4, 0.5) is 16.2 Å². The average molecular weight is 488 g/mol. The summed E-state index contributed by atoms with van der Waals surface area (Å²) in [6, 6.07) is 24.0. The number of methoxy groups -OCH3 is 1. The maximum atomic E-state index is 12.6. The molecule has 0 spiro atoms. The Hall–Kier alpha value is -3.84. The van der Waals surface area contributed by atoms with E-state index in [1.54, 1.807) is 43.5 Å². The Morgan fingerprint density at radius 2 is 1.47 bits per heavy atom. The number of ether oxygens (including phenoxy) is 1. The van der Waals surface area contributed by atoms with Gasteiger partial charge in [-0.1, -0.05) is 42.5 Å². The van der Waals surface area contributed by atoms with Gasteiger partial charge in [0, 0.05) is 49.5 Å². The van der Waals surface area contributed by atoms with Gasteiger partial charge in [-0.05, 0) is 55.8 Å². The second-order valence-corrected chi connectivity index (χ2v) is 8.88. The zero-order valence-electron chi connectivity index (χ0n) is 20.7. The van der Waals surface area contributed by atoms with Crippen LogP contribution < -0.4 is 14.5 Å². The van der Waals surface area contributed by atoms with Gasteiger partial charge >= 0.3 is 6.09 Å². The molecule has 3 aromatic carbocycles. The minimum absolute atomic E-state index is 0.0742. The molecule has 0 aromatic heterocycles. The molecule has 7 nitrogen and oxygen atoms in total. The van der Waals surface area contributed by atoms with Crippen LogP contribution >= 0.6 is 0 Å². The second-order valence-electron chi connectivity index (χ2n) is 8.88. The van der Waals surface area contributed by atoms with Crippen LogP contribution in [-0.2, 0) is 0 Å². The van der Waals surface area contributed by atoms with Gasteiger partial charge in [0.15, 0.2) is 5.78 Å². The zero-order chi connectivity index (χ0) is 25.3. The third kappa shape index (κ3) is 6.23. The van der Waals surface area contributed by atoms with Crippen molar-refractivity contribution in [2.75, 3.05) is 56.2 Å². The predicted octanol–water partition coefficient (Wildman–Crippen LogP) is 5.01. The molecular weight excluding hydrogens is 454 g/mol. The van der Waals surface area contributed by atoms with Crippen molar-refractivity contribution in [3.63, 3.8) is 0 Å². The Balaban J connectivity index is 1.24. The number of nitrogens with zero attached hydrogens (tertiary/aromatic N) is 3. The minimum Gasteiger partial charge on any atom is -0.495 e. The number of hydrogen-bond donors (Lipinski definition) is 1. The quantitative estimate of drug-likeness (QED) is 0.320. The van der Waals surface area contributed by atoms with Crippen LogP contribution in [0.1, 0.15) is 28.8 Å². The molecule has 1 saturated heterocycles. The number of carbonyl (C=O) groups excluding carboxylic acids is 1. The van der Waals surface area contributed by atoms with Crippen LogP contribution in [0.15, 0.2) is 78.9 Å². The molecule has 1 heterocycles. The number of hydrogen-bond acceptors (Lipinski definition) is 5. The molecule has 1 fully saturated rings. The molecule has 0 saturated carbocycles. The summed E-state index contributed by atoms with van der Waals surface area (Å²) in [7, 11) is 1.70. The van der Waals surface area contributed by atoms with Crippen LogP contribution in [-0.4, -0.2) is 68.3 Å². The number of amides is 1. The highest BCUT2D eigenvalue weighted by Crippen LogP contribution is 2.28. The number of ketones is 1. The largest absolute Gasteiger partial charge is 0.495 e. The third-order valence-corrected chi connectivity index (χ3v) is 6.61. The van der Waals surface area contributed by atoms with Crippen molar-refractivity contribution in [1.82, 2.24) is 4.90 Å². The summed E-state index contributed by atoms with van der Waals surface area (Å²) in [5, 5.41) is 9.74. The lowest BCUT2D eigenvalue weighted by atomic mass is 10.0. The van der Waals surface area contributed by atoms with E-state index in [4.69, 9.17) is 4.74 Å². The topological polar surface area (TPSA) is 73.3 Å². The number of carbonyl (C=O) groups is 2. The number of benzene rings is 3. The van der Waals surface area contributed by atoms with E-state index in [0.29, 0.717) is 23.4 Å². The Bertz CT molecular complexity index is 1140. The highest BCUT2D eigenvalue weighted by Gasteiger charge is 2.20. The lowest BCUT2D eigenvalue weighted by Crippen LogP contribution is -2.46. The van der Waals surface area contributed by atoms with Crippen molar-refractivity contribution in [1.29, 1.82) is 0 Å². The molecule has 36 heavy (non-hydrogen) atoms. The Kier molecular flexibility index (Phi) is 8.57. The molecular formula is C29H33N3O4. The Morgan fingerprint density at radius 1 is 0.833 bits per heavy atom. The molecule has 0 atom stereocenters. The van der Waals surface area contributed by atoms with Crippen LogP contribution in [0.5, 0.6) is 5.75 Å². The molecule has 188 valence electrons. The van der Waals surface area contributed by atoms with Gasteiger partial charge in [0.25, 0.3) is 0 Å². The minimum atomic E-state index is -0.984. The summed E-state index contributed by atoms with van der Waals surface area (Å²) in [6.07, 6.45) is 0.703. The first kappa shape index (κ1) is 25.3. The predicted molar refractivity (Wildman–Crippen MR) is 143 cm³/mol. The van der Waals surface area contributed by atoms with Crippen molar-refractivity contribution in [2.24, 2.45) is 0 Å². The van der Waals surface area contributed by atoms with Crippen molar-refractivity contribution < 1.29 is 19.4 Å². The van der Waals surface area contributed by atoms with Crippen molar-refractivity contribution in [2.45, 2.75) is 12.8 Å². The normalized spacial score (nSPS) is 13.9. The number of anilines is 2. The van der Waals surface area contributed by atoms with Crippen molar-refractivity contribution >= 4 is 23.3 Å². The van der Waals surface area contributed by atoms with Gasteiger partial charge in [0.1, 0.15) is 5.75 Å². The molecule has 1 amide bonds. The summed E-state index contributed by atoms with van der Waals surface area (Å²) < 4.78 is 5.50. The van der Waals surface area contributed by atoms with Gasteiger partial charge < -0.3 is 14.7 Å². The van der Waals surface area contributed by atoms with Gasteiger partial charge in [0.2, 0.25) is 0 Å². The van der Waals surface area contributed by atoms with Gasteiger partial charge in [-0.25, -0.2) is 4.79 Å². The number of piperazine rings is 1. The molecule has 0 radical (unpaired) electrons. The van der Waals surface area contributed by atoms with E-state index in [0.717, 1.165) is 57.0 Å². The summed E-state index contributed by atoms with van der Waals surface area (Å²) in [5.41, 5.74) is 2.87. The molecule has 0 aliphatic carbocycles. The van der Waals surface area contributed by atoms with Crippen LogP contribution in [0, 0.1) is 0 Å². The Morgan fingerprint density at radius 3 is 2.14 bits per heavy atom. The molecule has 3 aromatic rings. The van der Waals surface area contributed by atoms with Crippen LogP contribution in [0.25, 0.3) is 0 Å². The smallest absolute Gasteiger partial charge is 0.411 e. The van der Waals surface area contributed by atoms with E-state index in [-0.39, 0.29) is 5.78 Å². The maximum absolute atomic E-state index is 12.6. The molecule has 1 aliphatic heterocycles.